The number of carbonyl (C=O) groups excluding carboxylic acids is 1. The maximum absolute atomic E-state index is 12.9. The van der Waals surface area contributed by atoms with Crippen LogP contribution in [0, 0.1) is 0 Å². The molecule has 0 saturated carbocycles. The van der Waals surface area contributed by atoms with Crippen LogP contribution in [-0.2, 0) is 11.5 Å². The lowest BCUT2D eigenvalue weighted by molar-refractivity contribution is 0.0896. The van der Waals surface area contributed by atoms with Gasteiger partial charge in [-0.1, -0.05) is 19.6 Å². The van der Waals surface area contributed by atoms with Gasteiger partial charge >= 0.3 is 0 Å². The van der Waals surface area contributed by atoms with Gasteiger partial charge < -0.3 is 9.30 Å². The van der Waals surface area contributed by atoms with Crippen molar-refractivity contribution >= 4 is 40.8 Å². The summed E-state index contributed by atoms with van der Waals surface area (Å²) in [6, 6.07) is 6.48. The number of carbonyl (C=O) groups is 1. The van der Waals surface area contributed by atoms with Crippen LogP contribution < -0.4 is 0 Å². The van der Waals surface area contributed by atoms with Gasteiger partial charge in [-0.25, -0.2) is 4.98 Å². The minimum atomic E-state index is -1.13. The summed E-state index contributed by atoms with van der Waals surface area (Å²) in [5.74, 6) is -0.0434. The molecule has 0 unspecified atom stereocenters. The standard InChI is InChI=1S/C19H22BrN3O2Si/c1-26(2,3)9-8-25-13-23-12-17(16-10-15(20)11-22-19(16)23)18(24)14-4-6-21-7-5-14/h4-7,10-12H,8-9,13H2,1-3H3. The Kier molecular flexibility index (Phi) is 5.69. The maximum Gasteiger partial charge on any atom is 0.195 e. The lowest BCUT2D eigenvalue weighted by Crippen LogP contribution is -2.22. The number of aromatic nitrogens is 3. The molecule has 0 fully saturated rings. The van der Waals surface area contributed by atoms with Crippen molar-refractivity contribution in [2.45, 2.75) is 32.4 Å². The SMILES string of the molecule is C[Si](C)(C)CCOCn1cc(C(=O)c2ccncc2)c2cc(Br)cnc21. The molecule has 0 spiro atoms. The van der Waals surface area contributed by atoms with Crippen LogP contribution in [0.25, 0.3) is 11.0 Å². The fourth-order valence-corrected chi connectivity index (χ4v) is 3.71. The Labute approximate surface area is 162 Å². The molecule has 3 rings (SSSR count). The van der Waals surface area contributed by atoms with Crippen molar-refractivity contribution in [3.63, 3.8) is 0 Å². The Morgan fingerprint density at radius 2 is 2.00 bits per heavy atom. The fraction of sp³-hybridized carbons (Fsp3) is 0.316. The normalized spacial score (nSPS) is 11.8. The second kappa shape index (κ2) is 7.81. The average Bonchev–Trinajstić information content (AvgIpc) is 2.96. The van der Waals surface area contributed by atoms with E-state index in [9.17, 15) is 4.79 Å². The summed E-state index contributed by atoms with van der Waals surface area (Å²) in [6.07, 6.45) is 6.82. The van der Waals surface area contributed by atoms with E-state index in [2.05, 4.69) is 45.5 Å². The first-order chi connectivity index (χ1) is 12.3. The summed E-state index contributed by atoms with van der Waals surface area (Å²) in [4.78, 5) is 21.4. The van der Waals surface area contributed by atoms with Crippen molar-refractivity contribution in [3.8, 4) is 0 Å². The fourth-order valence-electron chi connectivity index (χ4n) is 2.63. The van der Waals surface area contributed by atoms with Gasteiger partial charge in [0, 0.05) is 60.5 Å². The van der Waals surface area contributed by atoms with Crippen LogP contribution in [0.1, 0.15) is 15.9 Å². The topological polar surface area (TPSA) is 57.0 Å². The van der Waals surface area contributed by atoms with Gasteiger partial charge in [-0.2, -0.15) is 0 Å². The van der Waals surface area contributed by atoms with Gasteiger partial charge in [-0.3, -0.25) is 9.78 Å². The first-order valence-electron chi connectivity index (χ1n) is 8.52. The monoisotopic (exact) mass is 431 g/mol. The number of hydrogen-bond acceptors (Lipinski definition) is 4. The van der Waals surface area contributed by atoms with E-state index in [0.29, 0.717) is 17.9 Å². The van der Waals surface area contributed by atoms with Crippen LogP contribution in [0.3, 0.4) is 0 Å². The van der Waals surface area contributed by atoms with Crippen LogP contribution in [0.5, 0.6) is 0 Å². The Balaban J connectivity index is 1.89. The van der Waals surface area contributed by atoms with Crippen molar-refractivity contribution in [1.82, 2.24) is 14.5 Å². The van der Waals surface area contributed by atoms with Crippen LogP contribution in [-0.4, -0.2) is 35.0 Å². The van der Waals surface area contributed by atoms with Gasteiger partial charge in [0.2, 0.25) is 0 Å². The van der Waals surface area contributed by atoms with Crippen molar-refractivity contribution in [2.24, 2.45) is 0 Å². The molecular weight excluding hydrogens is 410 g/mol. The summed E-state index contributed by atoms with van der Waals surface area (Å²) < 4.78 is 8.60. The van der Waals surface area contributed by atoms with E-state index in [1.807, 2.05) is 16.8 Å². The summed E-state index contributed by atoms with van der Waals surface area (Å²) in [6.45, 7) is 8.09. The first kappa shape index (κ1) is 18.9. The molecule has 0 atom stereocenters. The zero-order valence-electron chi connectivity index (χ0n) is 15.2. The second-order valence-electron chi connectivity index (χ2n) is 7.45. The minimum absolute atomic E-state index is 0.0434. The third kappa shape index (κ3) is 4.46. The number of nitrogens with zero attached hydrogens (tertiary/aromatic N) is 3. The van der Waals surface area contributed by atoms with E-state index in [0.717, 1.165) is 28.2 Å². The molecule has 0 radical (unpaired) electrons. The van der Waals surface area contributed by atoms with Gasteiger partial charge in [0.1, 0.15) is 12.4 Å². The highest BCUT2D eigenvalue weighted by Crippen LogP contribution is 2.25. The Bertz CT molecular complexity index is 920. The molecule has 136 valence electrons. The van der Waals surface area contributed by atoms with E-state index in [1.54, 1.807) is 30.7 Å². The van der Waals surface area contributed by atoms with Crippen LogP contribution in [0.15, 0.2) is 47.5 Å². The van der Waals surface area contributed by atoms with Crippen LogP contribution >= 0.6 is 15.9 Å². The molecule has 3 heterocycles. The van der Waals surface area contributed by atoms with E-state index in [1.165, 1.54) is 0 Å². The van der Waals surface area contributed by atoms with E-state index >= 15 is 0 Å². The van der Waals surface area contributed by atoms with Crippen molar-refractivity contribution in [2.75, 3.05) is 6.61 Å². The molecule has 5 nitrogen and oxygen atoms in total. The molecule has 0 aliphatic rings. The molecular formula is C19H22BrN3O2Si. The highest BCUT2D eigenvalue weighted by atomic mass is 79.9. The van der Waals surface area contributed by atoms with Crippen molar-refractivity contribution in [1.29, 1.82) is 0 Å². The quantitative estimate of drug-likeness (QED) is 0.308. The molecule has 3 aromatic rings. The van der Waals surface area contributed by atoms with E-state index in [4.69, 9.17) is 4.74 Å². The lowest BCUT2D eigenvalue weighted by atomic mass is 10.1. The number of hydrogen-bond donors (Lipinski definition) is 0. The lowest BCUT2D eigenvalue weighted by Gasteiger charge is -2.15. The Morgan fingerprint density at radius 1 is 1.27 bits per heavy atom. The predicted octanol–water partition coefficient (Wildman–Crippen LogP) is 4.74. The minimum Gasteiger partial charge on any atom is -0.361 e. The number of ether oxygens (including phenoxy) is 1. The number of pyridine rings is 2. The van der Waals surface area contributed by atoms with Gasteiger partial charge in [0.05, 0.1) is 0 Å². The Morgan fingerprint density at radius 3 is 2.69 bits per heavy atom. The van der Waals surface area contributed by atoms with Crippen LogP contribution in [0.2, 0.25) is 25.7 Å². The molecule has 0 aliphatic heterocycles. The summed E-state index contributed by atoms with van der Waals surface area (Å²) in [5.41, 5.74) is 1.98. The molecule has 0 amide bonds. The largest absolute Gasteiger partial charge is 0.361 e. The predicted molar refractivity (Wildman–Crippen MR) is 109 cm³/mol. The highest BCUT2D eigenvalue weighted by Gasteiger charge is 2.18. The van der Waals surface area contributed by atoms with Gasteiger partial charge in [0.15, 0.2) is 5.78 Å². The average molecular weight is 432 g/mol. The zero-order chi connectivity index (χ0) is 18.7. The molecule has 7 heteroatoms. The molecule has 3 aromatic heterocycles. The second-order valence-corrected chi connectivity index (χ2v) is 14.0. The number of rotatable bonds is 7. The Hall–Kier alpha value is -1.83. The third-order valence-electron chi connectivity index (χ3n) is 4.09. The molecule has 26 heavy (non-hydrogen) atoms. The van der Waals surface area contributed by atoms with E-state index in [-0.39, 0.29) is 5.78 Å². The molecule has 0 aliphatic carbocycles. The highest BCUT2D eigenvalue weighted by molar-refractivity contribution is 9.10. The number of halogens is 1. The molecule has 0 bridgehead atoms. The molecule has 0 saturated heterocycles. The number of fused-ring (bicyclic) bond motifs is 1. The van der Waals surface area contributed by atoms with Crippen LogP contribution in [0.4, 0.5) is 0 Å². The van der Waals surface area contributed by atoms with Gasteiger partial charge in [0.25, 0.3) is 0 Å². The maximum atomic E-state index is 12.9. The smallest absolute Gasteiger partial charge is 0.195 e. The third-order valence-corrected chi connectivity index (χ3v) is 6.23. The summed E-state index contributed by atoms with van der Waals surface area (Å²) in [5, 5.41) is 0.815. The van der Waals surface area contributed by atoms with Crippen molar-refractivity contribution in [3.05, 3.63) is 58.6 Å². The zero-order valence-corrected chi connectivity index (χ0v) is 17.8. The summed E-state index contributed by atoms with van der Waals surface area (Å²) >= 11 is 3.45. The van der Waals surface area contributed by atoms with Gasteiger partial charge in [-0.05, 0) is 40.2 Å². The molecule has 0 N–H and O–H groups in total. The van der Waals surface area contributed by atoms with E-state index < -0.39 is 8.07 Å². The van der Waals surface area contributed by atoms with Crippen molar-refractivity contribution < 1.29 is 9.53 Å². The summed E-state index contributed by atoms with van der Waals surface area (Å²) in [7, 11) is -1.13. The number of ketones is 1. The van der Waals surface area contributed by atoms with Gasteiger partial charge in [-0.15, -0.1) is 0 Å². The molecule has 0 aromatic carbocycles. The first-order valence-corrected chi connectivity index (χ1v) is 13.0.